The minimum absolute atomic E-state index is 0.00681. The van der Waals surface area contributed by atoms with Gasteiger partial charge in [0.05, 0.1) is 52.1 Å². The molecule has 5 rings (SSSR count). The van der Waals surface area contributed by atoms with Crippen LogP contribution >= 0.6 is 0 Å². The lowest BCUT2D eigenvalue weighted by molar-refractivity contribution is -0.128. The van der Waals surface area contributed by atoms with Gasteiger partial charge in [-0.3, -0.25) is 14.6 Å². The summed E-state index contributed by atoms with van der Waals surface area (Å²) in [6, 6.07) is 9.42. The fourth-order valence-electron chi connectivity index (χ4n) is 5.56. The molecule has 0 radical (unpaired) electrons. The lowest BCUT2D eigenvalue weighted by Crippen LogP contribution is -2.44. The van der Waals surface area contributed by atoms with E-state index in [-0.39, 0.29) is 36.0 Å². The second kappa shape index (κ2) is 13.1. The van der Waals surface area contributed by atoms with Crippen molar-refractivity contribution in [3.05, 3.63) is 47.8 Å². The molecule has 1 aliphatic carbocycles. The van der Waals surface area contributed by atoms with Crippen LogP contribution in [0.3, 0.4) is 0 Å². The summed E-state index contributed by atoms with van der Waals surface area (Å²) in [6.07, 6.45) is 5.96. The van der Waals surface area contributed by atoms with E-state index < -0.39 is 17.7 Å². The second-order valence-electron chi connectivity index (χ2n) is 11.9. The molecule has 1 atom stereocenters. The van der Waals surface area contributed by atoms with Gasteiger partial charge in [0.25, 0.3) is 5.91 Å². The summed E-state index contributed by atoms with van der Waals surface area (Å²) in [5, 5.41) is 32.8. The number of fused-ring (bicyclic) bond motifs is 1. The average Bonchev–Trinajstić information content (AvgIpc) is 3.44. The topological polar surface area (TPSA) is 154 Å². The number of halogens is 1. The molecule has 0 unspecified atom stereocenters. The zero-order valence-corrected chi connectivity index (χ0v) is 24.5. The molecule has 1 saturated heterocycles. The molecule has 4 heterocycles. The van der Waals surface area contributed by atoms with Crippen LogP contribution in [0.2, 0.25) is 0 Å². The quantitative estimate of drug-likeness (QED) is 0.295. The number of hydrogen-bond acceptors (Lipinski definition) is 8. The smallest absolute Gasteiger partial charge is 0.255 e. The van der Waals surface area contributed by atoms with E-state index in [0.717, 1.165) is 44.0 Å². The van der Waals surface area contributed by atoms with Crippen molar-refractivity contribution in [3.8, 4) is 17.5 Å². The number of nitrogens with one attached hydrogen (secondary N) is 3. The van der Waals surface area contributed by atoms with Crippen LogP contribution in [0, 0.1) is 17.2 Å². The van der Waals surface area contributed by atoms with Crippen molar-refractivity contribution in [2.75, 3.05) is 25.1 Å². The Morgan fingerprint density at radius 2 is 1.86 bits per heavy atom. The van der Waals surface area contributed by atoms with Gasteiger partial charge in [-0.2, -0.15) is 10.4 Å². The lowest BCUT2D eigenvalue weighted by Gasteiger charge is -2.32. The normalized spacial score (nSPS) is 20.3. The minimum atomic E-state index is -1.65. The number of carbonyl (C=O) groups excluding carboxylic acids is 2. The molecule has 12 heteroatoms. The van der Waals surface area contributed by atoms with E-state index in [2.05, 4.69) is 32.1 Å². The van der Waals surface area contributed by atoms with Crippen molar-refractivity contribution in [1.29, 1.82) is 5.26 Å². The maximum atomic E-state index is 14.4. The summed E-state index contributed by atoms with van der Waals surface area (Å²) >= 11 is 0. The van der Waals surface area contributed by atoms with Crippen molar-refractivity contribution < 1.29 is 23.8 Å². The number of amides is 2. The first kappa shape index (κ1) is 30.4. The molecule has 0 bridgehead atoms. The van der Waals surface area contributed by atoms with Gasteiger partial charge in [-0.15, -0.1) is 0 Å². The highest BCUT2D eigenvalue weighted by molar-refractivity contribution is 6.00. The number of aromatic nitrogens is 3. The Bertz CT molecular complexity index is 1500. The first-order valence-electron chi connectivity index (χ1n) is 14.8. The number of alkyl halides is 1. The van der Waals surface area contributed by atoms with E-state index in [1.165, 1.54) is 26.2 Å². The molecule has 2 fully saturated rings. The maximum absolute atomic E-state index is 14.4. The number of nitrogens with zero attached hydrogens (tertiary/aromatic N) is 4. The van der Waals surface area contributed by atoms with Crippen LogP contribution in [0.4, 0.5) is 10.1 Å². The highest BCUT2D eigenvalue weighted by Gasteiger charge is 2.29. The fourth-order valence-corrected chi connectivity index (χ4v) is 5.56. The van der Waals surface area contributed by atoms with Gasteiger partial charge < -0.3 is 25.8 Å². The van der Waals surface area contributed by atoms with E-state index >= 15 is 0 Å². The Labute approximate surface area is 249 Å². The zero-order chi connectivity index (χ0) is 30.6. The van der Waals surface area contributed by atoms with Crippen molar-refractivity contribution in [2.45, 2.75) is 76.2 Å². The van der Waals surface area contributed by atoms with Crippen LogP contribution in [0.15, 0.2) is 36.7 Å². The van der Waals surface area contributed by atoms with Crippen molar-refractivity contribution in [1.82, 2.24) is 25.2 Å². The van der Waals surface area contributed by atoms with Crippen molar-refractivity contribution >= 4 is 23.0 Å². The van der Waals surface area contributed by atoms with Gasteiger partial charge in [0.15, 0.2) is 0 Å². The molecule has 11 nitrogen and oxygen atoms in total. The summed E-state index contributed by atoms with van der Waals surface area (Å²) in [5.74, 6) is -0.403. The van der Waals surface area contributed by atoms with E-state index in [1.807, 2.05) is 12.1 Å². The van der Waals surface area contributed by atoms with Crippen molar-refractivity contribution in [2.24, 2.45) is 5.92 Å². The lowest BCUT2D eigenvalue weighted by atomic mass is 9.89. The van der Waals surface area contributed by atoms with Crippen LogP contribution < -0.4 is 16.0 Å². The number of ether oxygens (including phenoxy) is 1. The molecule has 3 aromatic heterocycles. The number of aliphatic hydroxyl groups is 1. The summed E-state index contributed by atoms with van der Waals surface area (Å²) in [7, 11) is 0. The van der Waals surface area contributed by atoms with Gasteiger partial charge in [0.2, 0.25) is 5.91 Å². The summed E-state index contributed by atoms with van der Waals surface area (Å²) in [5.41, 5.74) is 1.62. The number of rotatable bonds is 9. The molecule has 2 amide bonds. The van der Waals surface area contributed by atoms with Gasteiger partial charge in [0, 0.05) is 37.4 Å². The Morgan fingerprint density at radius 1 is 1.14 bits per heavy atom. The van der Waals surface area contributed by atoms with Gasteiger partial charge in [-0.25, -0.2) is 8.91 Å². The van der Waals surface area contributed by atoms with E-state index in [4.69, 9.17) is 4.74 Å². The Hall–Kier alpha value is -4.08. The van der Waals surface area contributed by atoms with Gasteiger partial charge in [-0.1, -0.05) is 0 Å². The third kappa shape index (κ3) is 7.29. The largest absolute Gasteiger partial charge is 0.387 e. The maximum Gasteiger partial charge on any atom is 0.255 e. The van der Waals surface area contributed by atoms with Crippen LogP contribution in [-0.2, 0) is 9.53 Å². The Morgan fingerprint density at radius 3 is 2.56 bits per heavy atom. The number of anilines is 1. The van der Waals surface area contributed by atoms with Gasteiger partial charge in [-0.05, 0) is 76.6 Å². The number of pyridine rings is 1. The molecule has 0 spiro atoms. The SMILES string of the molecule is CC(C)(O)[C@H](F)CNC(=O)c1cnc(-c2ccc3cc(C#N)cnn23)cc1NC1CCC(NC(=O)C2CCOCC2)CC1. The van der Waals surface area contributed by atoms with Gasteiger partial charge >= 0.3 is 0 Å². The van der Waals surface area contributed by atoms with E-state index in [0.29, 0.717) is 35.9 Å². The van der Waals surface area contributed by atoms with Crippen LogP contribution in [0.1, 0.15) is 68.3 Å². The molecule has 43 heavy (non-hydrogen) atoms. The standard InChI is InChI=1S/C31H38FN7O4/c1-31(2,42)28(32)18-35-30(41)24-17-34-26(27-8-7-23-13-19(15-33)16-36-39(23)27)14-25(24)37-21-3-5-22(6-4-21)38-29(40)20-9-11-43-12-10-20/h7-8,13-14,16-17,20-22,28,42H,3-6,9-12,18H2,1-2H3,(H,34,37)(H,35,41)(H,38,40)/t21?,22?,28-/m1/s1. The third-order valence-corrected chi connectivity index (χ3v) is 8.27. The predicted molar refractivity (Wildman–Crippen MR) is 158 cm³/mol. The van der Waals surface area contributed by atoms with Crippen LogP contribution in [0.5, 0.6) is 0 Å². The second-order valence-corrected chi connectivity index (χ2v) is 11.9. The summed E-state index contributed by atoms with van der Waals surface area (Å²) < 4.78 is 21.4. The molecule has 1 aliphatic heterocycles. The van der Waals surface area contributed by atoms with Crippen LogP contribution in [0.25, 0.3) is 16.9 Å². The molecule has 0 aromatic carbocycles. The number of hydrogen-bond donors (Lipinski definition) is 4. The first-order chi connectivity index (χ1) is 20.6. The third-order valence-electron chi connectivity index (χ3n) is 8.27. The zero-order valence-electron chi connectivity index (χ0n) is 24.5. The molecular weight excluding hydrogens is 553 g/mol. The fraction of sp³-hybridized carbons (Fsp3) is 0.516. The van der Waals surface area contributed by atoms with Gasteiger partial charge in [0.1, 0.15) is 12.2 Å². The monoisotopic (exact) mass is 591 g/mol. The van der Waals surface area contributed by atoms with Crippen LogP contribution in [-0.4, -0.2) is 75.1 Å². The highest BCUT2D eigenvalue weighted by atomic mass is 19.1. The highest BCUT2D eigenvalue weighted by Crippen LogP contribution is 2.29. The number of carbonyl (C=O) groups is 2. The minimum Gasteiger partial charge on any atom is -0.387 e. The Balaban J connectivity index is 1.33. The molecule has 4 N–H and O–H groups in total. The van der Waals surface area contributed by atoms with Crippen molar-refractivity contribution in [3.63, 3.8) is 0 Å². The molecule has 1 saturated carbocycles. The Kier molecular flexibility index (Phi) is 9.22. The first-order valence-corrected chi connectivity index (χ1v) is 14.8. The van der Waals surface area contributed by atoms with E-state index in [1.54, 1.807) is 16.6 Å². The number of nitriles is 1. The van der Waals surface area contributed by atoms with E-state index in [9.17, 15) is 24.3 Å². The summed E-state index contributed by atoms with van der Waals surface area (Å²) in [6.45, 7) is 3.60. The molecule has 3 aromatic rings. The molecular formula is C31H38FN7O4. The molecule has 2 aliphatic rings. The average molecular weight is 592 g/mol. The predicted octanol–water partition coefficient (Wildman–Crippen LogP) is 3.37. The molecule has 228 valence electrons. The summed E-state index contributed by atoms with van der Waals surface area (Å²) in [4.78, 5) is 30.4.